The topological polar surface area (TPSA) is 20.5 Å². The predicted octanol–water partition coefficient (Wildman–Crippen LogP) is 3.40. The van der Waals surface area contributed by atoms with Gasteiger partial charge in [-0.3, -0.25) is 0 Å². The Morgan fingerprint density at radius 2 is 1.63 bits per heavy atom. The highest BCUT2D eigenvalue weighted by molar-refractivity contribution is 5.90. The Morgan fingerprint density at radius 3 is 2.21 bits per heavy atom. The van der Waals surface area contributed by atoms with E-state index in [1.165, 1.54) is 0 Å². The third-order valence-corrected chi connectivity index (χ3v) is 2.81. The van der Waals surface area contributed by atoms with Crippen LogP contribution in [0.15, 0.2) is 60.7 Å². The summed E-state index contributed by atoms with van der Waals surface area (Å²) in [5.74, 6) is 0.843. The normalized spacial score (nSPS) is 11.8. The van der Waals surface area contributed by atoms with Gasteiger partial charge >= 0.3 is 0 Å². The van der Waals surface area contributed by atoms with Crippen molar-refractivity contribution in [2.45, 2.75) is 0 Å². The van der Waals surface area contributed by atoms with E-state index in [-0.39, 0.29) is 0 Å². The number of benzene rings is 2. The van der Waals surface area contributed by atoms with Crippen molar-refractivity contribution in [2.24, 2.45) is 0 Å². The van der Waals surface area contributed by atoms with Gasteiger partial charge in [0.1, 0.15) is 5.75 Å². The molecule has 0 saturated carbocycles. The van der Waals surface area contributed by atoms with Crippen LogP contribution in [0.3, 0.4) is 0 Å². The first-order valence-electron chi connectivity index (χ1n) is 6.03. The lowest BCUT2D eigenvalue weighted by molar-refractivity contribution is 0.186. The molecule has 2 aromatic rings. The number of hydrogen-bond donors (Lipinski definition) is 0. The van der Waals surface area contributed by atoms with Crippen molar-refractivity contribution < 1.29 is 9.16 Å². The summed E-state index contributed by atoms with van der Waals surface area (Å²) in [7, 11) is 3.25. The number of hydrogen-bond acceptors (Lipinski definition) is 1. The molecule has 96 valence electrons. The van der Waals surface area contributed by atoms with E-state index >= 15 is 0 Å². The molecule has 0 unspecified atom stereocenters. The van der Waals surface area contributed by atoms with Crippen LogP contribution in [-0.4, -0.2) is 20.5 Å². The molecule has 2 heteroatoms. The third-order valence-electron chi connectivity index (χ3n) is 2.81. The SMILES string of the molecule is COc1ccc(/C(=C\[C-]=[O+]C)c2ccccc2)cc1. The minimum Gasteiger partial charge on any atom is -0.497 e. The first-order valence-corrected chi connectivity index (χ1v) is 6.03. The molecule has 0 N–H and O–H groups in total. The highest BCUT2D eigenvalue weighted by atomic mass is 16.5. The molecule has 0 aliphatic heterocycles. The van der Waals surface area contributed by atoms with E-state index in [9.17, 15) is 0 Å². The summed E-state index contributed by atoms with van der Waals surface area (Å²) in [4.78, 5) is 0. The van der Waals surface area contributed by atoms with Gasteiger partial charge in [0.05, 0.1) is 7.11 Å². The number of allylic oxidation sites excluding steroid dienone is 1. The minimum absolute atomic E-state index is 0.843. The van der Waals surface area contributed by atoms with Crippen LogP contribution in [0, 0.1) is 0 Å². The highest BCUT2D eigenvalue weighted by Crippen LogP contribution is 2.24. The van der Waals surface area contributed by atoms with Crippen molar-refractivity contribution in [1.82, 2.24) is 0 Å². The van der Waals surface area contributed by atoms with Crippen LogP contribution in [0.1, 0.15) is 11.1 Å². The van der Waals surface area contributed by atoms with E-state index in [4.69, 9.17) is 9.16 Å². The minimum atomic E-state index is 0.843. The molecule has 0 aliphatic carbocycles. The Labute approximate surface area is 113 Å². The fraction of sp³-hybridized carbons (Fsp3) is 0.118. The summed E-state index contributed by atoms with van der Waals surface area (Å²) in [6.07, 6.45) is 4.63. The van der Waals surface area contributed by atoms with Crippen LogP contribution < -0.4 is 4.74 Å². The van der Waals surface area contributed by atoms with Crippen LogP contribution in [0.5, 0.6) is 5.75 Å². The maximum Gasteiger partial charge on any atom is 0.229 e. The maximum absolute atomic E-state index is 5.18. The zero-order valence-electron chi connectivity index (χ0n) is 11.1. The average molecular weight is 252 g/mol. The fourth-order valence-electron chi connectivity index (χ4n) is 1.84. The molecular weight excluding hydrogens is 236 g/mol. The van der Waals surface area contributed by atoms with Crippen LogP contribution in [0.2, 0.25) is 0 Å². The Hall–Kier alpha value is -2.35. The number of carbonyl (C=O) groups excluding carboxylic acids is 1. The summed E-state index contributed by atoms with van der Waals surface area (Å²) < 4.78 is 10.1. The molecular formula is C17H16O2. The molecule has 2 rings (SSSR count). The van der Waals surface area contributed by atoms with E-state index in [0.29, 0.717) is 0 Å². The number of methoxy groups -OCH3 is 1. The van der Waals surface area contributed by atoms with Crippen molar-refractivity contribution in [2.75, 3.05) is 14.2 Å². The van der Waals surface area contributed by atoms with E-state index < -0.39 is 0 Å². The molecule has 0 radical (unpaired) electrons. The average Bonchev–Trinajstić information content (AvgIpc) is 2.49. The highest BCUT2D eigenvalue weighted by Gasteiger charge is 1.97. The zero-order valence-corrected chi connectivity index (χ0v) is 11.1. The molecule has 0 saturated heterocycles. The Morgan fingerprint density at radius 1 is 1.00 bits per heavy atom. The standard InChI is InChI=1S/C17H16O2/c1-18-13-12-17(14-6-4-3-5-7-14)15-8-10-16(19-2)11-9-15/h3-12H,1-2H3/b17-12-. The first-order chi connectivity index (χ1) is 9.35. The summed E-state index contributed by atoms with van der Waals surface area (Å²) >= 11 is 0. The molecule has 2 aromatic carbocycles. The summed E-state index contributed by atoms with van der Waals surface area (Å²) in [5.41, 5.74) is 3.28. The van der Waals surface area contributed by atoms with Crippen LogP contribution >= 0.6 is 0 Å². The van der Waals surface area contributed by atoms with Crippen molar-refractivity contribution in [3.8, 4) is 5.75 Å². The van der Waals surface area contributed by atoms with Gasteiger partial charge in [-0.25, -0.2) is 0 Å². The number of ether oxygens (including phenoxy) is 1. The second-order valence-corrected chi connectivity index (χ2v) is 3.97. The van der Waals surface area contributed by atoms with Gasteiger partial charge in [0.15, 0.2) is 0 Å². The van der Waals surface area contributed by atoms with Gasteiger partial charge in [-0.05, 0) is 12.1 Å². The maximum atomic E-state index is 5.18. The van der Waals surface area contributed by atoms with Crippen LogP contribution in [0.25, 0.3) is 5.57 Å². The van der Waals surface area contributed by atoms with E-state index in [2.05, 4.69) is 18.4 Å². The third kappa shape index (κ3) is 3.32. The molecule has 0 amide bonds. The van der Waals surface area contributed by atoms with Crippen LogP contribution in [-0.2, 0) is 4.42 Å². The van der Waals surface area contributed by atoms with Gasteiger partial charge in [-0.15, -0.1) is 6.08 Å². The molecule has 0 fully saturated rings. The Balaban J connectivity index is 2.43. The lowest BCUT2D eigenvalue weighted by Crippen LogP contribution is -1.90. The fourth-order valence-corrected chi connectivity index (χ4v) is 1.84. The van der Waals surface area contributed by atoms with Crippen LogP contribution in [0.4, 0.5) is 0 Å². The zero-order chi connectivity index (χ0) is 13.5. The predicted molar refractivity (Wildman–Crippen MR) is 78.1 cm³/mol. The largest absolute Gasteiger partial charge is 0.497 e. The molecule has 0 atom stereocenters. The molecule has 0 aromatic heterocycles. The first kappa shape index (κ1) is 13.1. The Kier molecular flexibility index (Phi) is 4.51. The quantitative estimate of drug-likeness (QED) is 0.464. The molecule has 19 heavy (non-hydrogen) atoms. The van der Waals surface area contributed by atoms with Gasteiger partial charge in [0.25, 0.3) is 0 Å². The molecule has 0 spiro atoms. The second kappa shape index (κ2) is 6.55. The summed E-state index contributed by atoms with van der Waals surface area (Å²) in [5, 5.41) is 0. The van der Waals surface area contributed by atoms with Gasteiger partial charge in [-0.1, -0.05) is 53.6 Å². The molecule has 0 aliphatic rings. The van der Waals surface area contributed by atoms with Gasteiger partial charge in [0, 0.05) is 0 Å². The van der Waals surface area contributed by atoms with E-state index in [1.807, 2.05) is 48.5 Å². The summed E-state index contributed by atoms with van der Waals surface area (Å²) in [6.45, 7) is 0. The molecule has 0 heterocycles. The summed E-state index contributed by atoms with van der Waals surface area (Å²) in [6, 6.07) is 18.1. The second-order valence-electron chi connectivity index (χ2n) is 3.97. The smallest absolute Gasteiger partial charge is 0.229 e. The van der Waals surface area contributed by atoms with Crippen molar-refractivity contribution >= 4 is 11.9 Å². The van der Waals surface area contributed by atoms with Gasteiger partial charge in [-0.2, -0.15) is 5.57 Å². The molecule has 0 bridgehead atoms. The van der Waals surface area contributed by atoms with Gasteiger partial charge < -0.3 is 9.16 Å². The lowest BCUT2D eigenvalue weighted by Gasteiger charge is -2.15. The Bertz CT molecular complexity index is 566. The lowest BCUT2D eigenvalue weighted by atomic mass is 9.98. The monoisotopic (exact) mass is 252 g/mol. The van der Waals surface area contributed by atoms with Crippen molar-refractivity contribution in [3.05, 3.63) is 71.8 Å². The van der Waals surface area contributed by atoms with Crippen molar-refractivity contribution in [1.29, 1.82) is 0 Å². The van der Waals surface area contributed by atoms with Crippen molar-refractivity contribution in [3.63, 3.8) is 0 Å². The number of rotatable bonds is 4. The molecule has 2 nitrogen and oxygen atoms in total. The van der Waals surface area contributed by atoms with Gasteiger partial charge in [0.2, 0.25) is 13.4 Å². The van der Waals surface area contributed by atoms with E-state index in [1.54, 1.807) is 14.2 Å². The van der Waals surface area contributed by atoms with E-state index in [0.717, 1.165) is 22.4 Å².